The quantitative estimate of drug-likeness (QED) is 0.111. The van der Waals surface area contributed by atoms with Gasteiger partial charge in [0.25, 0.3) is 0 Å². The summed E-state index contributed by atoms with van der Waals surface area (Å²) in [7, 11) is -6.69. The Balaban J connectivity index is 6.55. The van der Waals surface area contributed by atoms with Crippen LogP contribution in [0.3, 0.4) is 0 Å². The summed E-state index contributed by atoms with van der Waals surface area (Å²) < 4.78 is 140. The molecule has 0 saturated carbocycles. The van der Waals surface area contributed by atoms with Crippen molar-refractivity contribution in [3.8, 4) is 0 Å². The van der Waals surface area contributed by atoms with Crippen LogP contribution in [0, 0.1) is 16.7 Å². The van der Waals surface area contributed by atoms with Gasteiger partial charge in [-0.3, -0.25) is 9.35 Å². The maximum absolute atomic E-state index is 14.2. The van der Waals surface area contributed by atoms with Gasteiger partial charge in [-0.2, -0.15) is 39.2 Å². The van der Waals surface area contributed by atoms with E-state index in [0.29, 0.717) is 6.42 Å². The Labute approximate surface area is 217 Å². The number of esters is 2. The van der Waals surface area contributed by atoms with Crippen molar-refractivity contribution >= 4 is 22.1 Å². The number of hydrogen-bond acceptors (Lipinski definition) is 7. The Morgan fingerprint density at radius 1 is 0.895 bits per heavy atom. The molecular weight excluding hydrogens is 557 g/mol. The number of rotatable bonds is 15. The summed E-state index contributed by atoms with van der Waals surface area (Å²) in [4.78, 5) is 25.6. The highest BCUT2D eigenvalue weighted by Crippen LogP contribution is 2.45. The van der Waals surface area contributed by atoms with Crippen LogP contribution >= 0.6 is 0 Å². The number of carbonyl (C=O) groups excluding carboxylic acids is 2. The number of carbonyl (C=O) groups is 2. The first-order chi connectivity index (χ1) is 16.8. The van der Waals surface area contributed by atoms with Crippen LogP contribution in [0.2, 0.25) is 0 Å². The van der Waals surface area contributed by atoms with Gasteiger partial charge in [0.15, 0.2) is 0 Å². The van der Waals surface area contributed by atoms with E-state index in [-0.39, 0.29) is 12.8 Å². The van der Waals surface area contributed by atoms with Gasteiger partial charge in [-0.25, -0.2) is 4.79 Å². The Morgan fingerprint density at radius 2 is 1.39 bits per heavy atom. The molecule has 0 fully saturated rings. The summed E-state index contributed by atoms with van der Waals surface area (Å²) >= 11 is 0. The zero-order valence-corrected chi connectivity index (χ0v) is 23.0. The summed E-state index contributed by atoms with van der Waals surface area (Å²) in [6, 6.07) is 0. The molecule has 0 heterocycles. The monoisotopic (exact) mass is 592 g/mol. The maximum Gasteiger partial charge on any atom is 0.468 e. The third-order valence-electron chi connectivity index (χ3n) is 6.49. The van der Waals surface area contributed by atoms with E-state index in [4.69, 9.17) is 4.55 Å². The normalized spacial score (nSPS) is 16.5. The Morgan fingerprint density at radius 3 is 1.76 bits per heavy atom. The molecule has 38 heavy (non-hydrogen) atoms. The fourth-order valence-electron chi connectivity index (χ4n) is 3.10. The molecule has 0 amide bonds. The molecule has 0 radical (unpaired) electrons. The van der Waals surface area contributed by atoms with Gasteiger partial charge in [0.2, 0.25) is 0 Å². The van der Waals surface area contributed by atoms with Crippen molar-refractivity contribution in [3.05, 3.63) is 0 Å². The first kappa shape index (κ1) is 36.3. The van der Waals surface area contributed by atoms with Crippen LogP contribution in [0.5, 0.6) is 0 Å². The number of ether oxygens (including phenoxy) is 3. The van der Waals surface area contributed by atoms with Crippen molar-refractivity contribution in [1.82, 2.24) is 0 Å². The lowest BCUT2D eigenvalue weighted by molar-refractivity contribution is -0.359. The molecule has 8 nitrogen and oxygen atoms in total. The number of hydrogen-bond donors (Lipinski definition) is 1. The average molecular weight is 593 g/mol. The van der Waals surface area contributed by atoms with Crippen molar-refractivity contribution < 1.29 is 67.5 Å². The summed E-state index contributed by atoms with van der Waals surface area (Å²) in [6.45, 7) is 8.31. The largest absolute Gasteiger partial charge is 0.468 e. The lowest BCUT2D eigenvalue weighted by Crippen LogP contribution is -2.60. The van der Waals surface area contributed by atoms with E-state index in [1.807, 2.05) is 0 Å². The summed E-state index contributed by atoms with van der Waals surface area (Å²) in [5.74, 6) is -15.5. The molecule has 0 aliphatic heterocycles. The molecule has 226 valence electrons. The highest BCUT2D eigenvalue weighted by molar-refractivity contribution is 7.87. The van der Waals surface area contributed by atoms with Crippen LogP contribution in [-0.4, -0.2) is 61.3 Å². The van der Waals surface area contributed by atoms with Gasteiger partial charge < -0.3 is 14.2 Å². The van der Waals surface area contributed by atoms with Gasteiger partial charge in [0.05, 0.1) is 19.1 Å². The molecule has 16 heteroatoms. The van der Waals surface area contributed by atoms with E-state index in [2.05, 4.69) is 14.2 Å². The molecule has 0 spiro atoms. The van der Waals surface area contributed by atoms with Crippen molar-refractivity contribution in [2.24, 2.45) is 16.7 Å². The Hall–Kier alpha value is -1.68. The maximum atomic E-state index is 14.2. The van der Waals surface area contributed by atoms with Crippen molar-refractivity contribution in [1.29, 1.82) is 0 Å². The predicted molar refractivity (Wildman–Crippen MR) is 120 cm³/mol. The van der Waals surface area contributed by atoms with Gasteiger partial charge in [0.1, 0.15) is 0 Å². The molecular formula is C22H35F7O8S. The lowest BCUT2D eigenvalue weighted by atomic mass is 9.68. The molecule has 2 unspecified atom stereocenters. The predicted octanol–water partition coefficient (Wildman–Crippen LogP) is 5.75. The van der Waals surface area contributed by atoms with E-state index in [0.717, 1.165) is 6.92 Å². The highest BCUT2D eigenvalue weighted by Gasteiger charge is 2.70. The number of alkyl halides is 7. The lowest BCUT2D eigenvalue weighted by Gasteiger charge is -2.39. The first-order valence-electron chi connectivity index (χ1n) is 11.6. The van der Waals surface area contributed by atoms with Crippen LogP contribution in [0.25, 0.3) is 0 Å². The molecule has 0 rings (SSSR count). The Kier molecular flexibility index (Phi) is 11.7. The molecule has 0 aromatic heterocycles. The van der Waals surface area contributed by atoms with E-state index in [9.17, 15) is 48.7 Å². The highest BCUT2D eigenvalue weighted by atomic mass is 32.2. The topological polar surface area (TPSA) is 116 Å². The second-order valence-electron chi connectivity index (χ2n) is 10.2. The van der Waals surface area contributed by atoms with Crippen LogP contribution < -0.4 is 0 Å². The molecule has 0 saturated heterocycles. The third kappa shape index (κ3) is 8.16. The van der Waals surface area contributed by atoms with Crippen LogP contribution in [0.1, 0.15) is 74.1 Å². The fraction of sp³-hybridized carbons (Fsp3) is 0.909. The van der Waals surface area contributed by atoms with Crippen LogP contribution in [-0.2, 0) is 33.9 Å². The van der Waals surface area contributed by atoms with Gasteiger partial charge in [0, 0.05) is 6.42 Å². The molecule has 1 N–H and O–H groups in total. The Bertz CT molecular complexity index is 932. The van der Waals surface area contributed by atoms with Gasteiger partial charge in [-0.1, -0.05) is 54.4 Å². The third-order valence-corrected chi connectivity index (χ3v) is 7.43. The minimum atomic E-state index is -6.69. The van der Waals surface area contributed by atoms with Gasteiger partial charge in [-0.15, -0.1) is 0 Å². The molecule has 0 aromatic rings. The zero-order valence-electron chi connectivity index (χ0n) is 22.2. The van der Waals surface area contributed by atoms with Crippen LogP contribution in [0.4, 0.5) is 30.7 Å². The minimum absolute atomic E-state index is 0.0153. The van der Waals surface area contributed by atoms with E-state index < -0.39 is 81.6 Å². The molecule has 0 aromatic carbocycles. The van der Waals surface area contributed by atoms with E-state index in [1.54, 1.807) is 41.5 Å². The van der Waals surface area contributed by atoms with Crippen molar-refractivity contribution in [2.45, 2.75) is 97.3 Å². The van der Waals surface area contributed by atoms with Crippen molar-refractivity contribution in [3.63, 3.8) is 0 Å². The van der Waals surface area contributed by atoms with E-state index >= 15 is 0 Å². The molecule has 0 aliphatic rings. The molecule has 0 bridgehead atoms. The summed E-state index contributed by atoms with van der Waals surface area (Å²) in [5, 5.41) is -6.10. The minimum Gasteiger partial charge on any atom is -0.461 e. The number of halogens is 7. The second kappa shape index (κ2) is 12.2. The smallest absolute Gasteiger partial charge is 0.461 e. The second-order valence-corrected chi connectivity index (χ2v) is 11.6. The molecule has 2 atom stereocenters. The SMILES string of the molecule is CCOC(=O)C(OCCC(F)(F)C(F)(F)S(=O)(=O)O)(OC(=O)C(CC(C)(C)CC)C(C)(C)CC)C(F)(F)F. The summed E-state index contributed by atoms with van der Waals surface area (Å²) in [6.07, 6.45) is -7.63. The first-order valence-corrected chi connectivity index (χ1v) is 13.1. The standard InChI is InChI=1S/C22H35F7O8S/c1-8-17(4,5)13-14(18(6,7)9-2)15(30)37-20(21(25,26)27,16(31)35-10-3)36-12-11-19(23,24)22(28,29)38(32,33)34/h14H,8-13H2,1-7H3,(H,32,33,34). The average Bonchev–Trinajstić information content (AvgIpc) is 2.74. The fourth-order valence-corrected chi connectivity index (χ4v) is 3.58. The zero-order chi connectivity index (χ0) is 30.6. The summed E-state index contributed by atoms with van der Waals surface area (Å²) in [5.41, 5.74) is -1.58. The van der Waals surface area contributed by atoms with E-state index in [1.165, 1.54) is 0 Å². The van der Waals surface area contributed by atoms with Crippen LogP contribution in [0.15, 0.2) is 0 Å². The molecule has 0 aliphatic carbocycles. The van der Waals surface area contributed by atoms with Gasteiger partial charge in [-0.05, 0) is 24.2 Å². The van der Waals surface area contributed by atoms with Gasteiger partial charge >= 0.3 is 45.2 Å². The van der Waals surface area contributed by atoms with Crippen molar-refractivity contribution in [2.75, 3.05) is 13.2 Å².